The van der Waals surface area contributed by atoms with Gasteiger partial charge in [-0.1, -0.05) is 38.3 Å². The van der Waals surface area contributed by atoms with Gasteiger partial charge in [0.15, 0.2) is 0 Å². The van der Waals surface area contributed by atoms with Crippen molar-refractivity contribution < 1.29 is 9.18 Å². The van der Waals surface area contributed by atoms with Gasteiger partial charge in [-0.05, 0) is 43.0 Å². The van der Waals surface area contributed by atoms with Crippen LogP contribution in [0.4, 0.5) is 4.39 Å². The predicted molar refractivity (Wildman–Crippen MR) is 117 cm³/mol. The zero-order valence-corrected chi connectivity index (χ0v) is 18.0. The molecule has 1 saturated carbocycles. The number of carbonyl (C=O) groups excluding carboxylic acids is 1. The van der Waals surface area contributed by atoms with E-state index >= 15 is 0 Å². The Morgan fingerprint density at radius 3 is 2.67 bits per heavy atom. The third-order valence-corrected chi connectivity index (χ3v) is 7.01. The summed E-state index contributed by atoms with van der Waals surface area (Å²) >= 11 is 1.52. The lowest BCUT2D eigenvalue weighted by Gasteiger charge is -2.34. The number of thiophene rings is 1. The molecule has 1 aliphatic rings. The number of nitrogens with zero attached hydrogens (tertiary/aromatic N) is 3. The first-order chi connectivity index (χ1) is 14.5. The summed E-state index contributed by atoms with van der Waals surface area (Å²) < 4.78 is 14.7. The van der Waals surface area contributed by atoms with Crippen molar-refractivity contribution in [3.63, 3.8) is 0 Å². The van der Waals surface area contributed by atoms with Gasteiger partial charge in [0.1, 0.15) is 17.2 Å². The Morgan fingerprint density at radius 2 is 1.97 bits per heavy atom. The van der Waals surface area contributed by atoms with Crippen molar-refractivity contribution in [3.05, 3.63) is 63.3 Å². The van der Waals surface area contributed by atoms with Gasteiger partial charge in [-0.3, -0.25) is 14.2 Å². The summed E-state index contributed by atoms with van der Waals surface area (Å²) in [6.07, 6.45) is 7.64. The average Bonchev–Trinajstić information content (AvgIpc) is 3.20. The lowest BCUT2D eigenvalue weighted by Crippen LogP contribution is -2.43. The first-order valence-electron chi connectivity index (χ1n) is 10.6. The molecule has 3 aromatic rings. The number of benzene rings is 1. The fourth-order valence-electron chi connectivity index (χ4n) is 4.13. The molecule has 2 heterocycles. The molecule has 0 atom stereocenters. The van der Waals surface area contributed by atoms with Gasteiger partial charge < -0.3 is 4.90 Å². The van der Waals surface area contributed by atoms with E-state index in [-0.39, 0.29) is 29.9 Å². The monoisotopic (exact) mass is 427 g/mol. The highest BCUT2D eigenvalue weighted by atomic mass is 32.1. The first-order valence-corrected chi connectivity index (χ1v) is 11.4. The minimum Gasteiger partial charge on any atom is -0.334 e. The van der Waals surface area contributed by atoms with E-state index in [1.165, 1.54) is 40.8 Å². The standard InChI is InChI=1S/C23H26FN3O2S/c1-2-19-12-20-22(30-19)25-15-26(23(20)29)14-21(28)27(18-6-4-3-5-7-18)13-16-8-10-17(24)11-9-16/h8-12,15,18H,2-7,13-14H2,1H3. The molecule has 1 amide bonds. The van der Waals surface area contributed by atoms with E-state index in [2.05, 4.69) is 4.98 Å². The SMILES string of the molecule is CCc1cc2c(=O)n(CC(=O)N(Cc3ccc(F)cc3)C3CCCCC3)cnc2s1. The summed E-state index contributed by atoms with van der Waals surface area (Å²) in [5, 5.41) is 0.579. The van der Waals surface area contributed by atoms with E-state index in [1.807, 2.05) is 17.9 Å². The Balaban J connectivity index is 1.59. The second-order valence-corrected chi connectivity index (χ2v) is 9.02. The Hall–Kier alpha value is -2.54. The smallest absolute Gasteiger partial charge is 0.262 e. The van der Waals surface area contributed by atoms with Crippen molar-refractivity contribution in [2.75, 3.05) is 0 Å². The zero-order chi connectivity index (χ0) is 21.1. The van der Waals surface area contributed by atoms with Crippen molar-refractivity contribution in [2.24, 2.45) is 0 Å². The van der Waals surface area contributed by atoms with Gasteiger partial charge in [0.2, 0.25) is 5.91 Å². The molecule has 0 aliphatic heterocycles. The molecule has 30 heavy (non-hydrogen) atoms. The lowest BCUT2D eigenvalue weighted by atomic mass is 9.93. The minimum absolute atomic E-state index is 0.0310. The number of hydrogen-bond acceptors (Lipinski definition) is 4. The number of halogens is 1. The van der Waals surface area contributed by atoms with Gasteiger partial charge in [-0.2, -0.15) is 0 Å². The molecule has 0 spiro atoms. The van der Waals surface area contributed by atoms with Crippen LogP contribution in [-0.4, -0.2) is 26.4 Å². The van der Waals surface area contributed by atoms with Crippen LogP contribution in [0.5, 0.6) is 0 Å². The number of aromatic nitrogens is 2. The van der Waals surface area contributed by atoms with Gasteiger partial charge in [0.25, 0.3) is 5.56 Å². The fourth-order valence-corrected chi connectivity index (χ4v) is 5.06. The summed E-state index contributed by atoms with van der Waals surface area (Å²) in [5.41, 5.74) is 0.719. The second-order valence-electron chi connectivity index (χ2n) is 7.90. The Kier molecular flexibility index (Phi) is 6.27. The molecule has 0 radical (unpaired) electrons. The molecule has 0 saturated heterocycles. The van der Waals surface area contributed by atoms with E-state index < -0.39 is 0 Å². The average molecular weight is 428 g/mol. The summed E-state index contributed by atoms with van der Waals surface area (Å²) in [5.74, 6) is -0.386. The molecule has 1 aromatic carbocycles. The van der Waals surface area contributed by atoms with Crippen LogP contribution in [0, 0.1) is 5.82 Å². The Bertz CT molecular complexity index is 1080. The van der Waals surface area contributed by atoms with Gasteiger partial charge >= 0.3 is 0 Å². The molecule has 1 fully saturated rings. The van der Waals surface area contributed by atoms with Crippen molar-refractivity contribution in [1.29, 1.82) is 0 Å². The van der Waals surface area contributed by atoms with Gasteiger partial charge in [0.05, 0.1) is 11.7 Å². The molecule has 0 N–H and O–H groups in total. The molecule has 2 aromatic heterocycles. The molecule has 7 heteroatoms. The molecule has 158 valence electrons. The number of aryl methyl sites for hydroxylation is 1. The summed E-state index contributed by atoms with van der Waals surface area (Å²) in [4.78, 5) is 34.3. The van der Waals surface area contributed by atoms with Crippen LogP contribution >= 0.6 is 11.3 Å². The van der Waals surface area contributed by atoms with Crippen LogP contribution in [-0.2, 0) is 24.3 Å². The quantitative estimate of drug-likeness (QED) is 0.581. The molecule has 5 nitrogen and oxygen atoms in total. The lowest BCUT2D eigenvalue weighted by molar-refractivity contribution is -0.135. The van der Waals surface area contributed by atoms with Crippen LogP contribution < -0.4 is 5.56 Å². The number of rotatable bonds is 6. The molecule has 1 aliphatic carbocycles. The molecular formula is C23H26FN3O2S. The van der Waals surface area contributed by atoms with Gasteiger partial charge in [-0.25, -0.2) is 9.37 Å². The largest absolute Gasteiger partial charge is 0.334 e. The first kappa shape index (κ1) is 20.7. The number of amides is 1. The third kappa shape index (κ3) is 4.46. The van der Waals surface area contributed by atoms with Crippen molar-refractivity contribution in [2.45, 2.75) is 64.6 Å². The summed E-state index contributed by atoms with van der Waals surface area (Å²) in [7, 11) is 0. The molecular weight excluding hydrogens is 401 g/mol. The van der Waals surface area contributed by atoms with Crippen molar-refractivity contribution in [3.8, 4) is 0 Å². The maximum absolute atomic E-state index is 13.3. The molecule has 4 rings (SSSR count). The number of hydrogen-bond donors (Lipinski definition) is 0. The highest BCUT2D eigenvalue weighted by molar-refractivity contribution is 7.18. The van der Waals surface area contributed by atoms with Crippen LogP contribution in [0.2, 0.25) is 0 Å². The highest BCUT2D eigenvalue weighted by Crippen LogP contribution is 2.25. The Labute approximate surface area is 179 Å². The van der Waals surface area contributed by atoms with Gasteiger partial charge in [-0.15, -0.1) is 11.3 Å². The van der Waals surface area contributed by atoms with Crippen LogP contribution in [0.25, 0.3) is 10.2 Å². The van der Waals surface area contributed by atoms with E-state index in [1.54, 1.807) is 12.1 Å². The number of carbonyl (C=O) groups is 1. The van der Waals surface area contributed by atoms with Crippen molar-refractivity contribution >= 4 is 27.5 Å². The highest BCUT2D eigenvalue weighted by Gasteiger charge is 2.26. The van der Waals surface area contributed by atoms with Crippen LogP contribution in [0.3, 0.4) is 0 Å². The van der Waals surface area contributed by atoms with Gasteiger partial charge in [0, 0.05) is 17.5 Å². The zero-order valence-electron chi connectivity index (χ0n) is 17.1. The fraction of sp³-hybridized carbons (Fsp3) is 0.435. The minimum atomic E-state index is -0.289. The van der Waals surface area contributed by atoms with E-state index in [9.17, 15) is 14.0 Å². The molecule has 0 unspecified atom stereocenters. The normalized spacial score (nSPS) is 14.9. The maximum atomic E-state index is 13.3. The maximum Gasteiger partial charge on any atom is 0.262 e. The topological polar surface area (TPSA) is 55.2 Å². The second kappa shape index (κ2) is 9.08. The van der Waals surface area contributed by atoms with E-state index in [0.717, 1.165) is 47.4 Å². The third-order valence-electron chi connectivity index (χ3n) is 5.83. The van der Waals surface area contributed by atoms with E-state index in [4.69, 9.17) is 0 Å². The Morgan fingerprint density at radius 1 is 1.23 bits per heavy atom. The molecule has 0 bridgehead atoms. The van der Waals surface area contributed by atoms with Crippen LogP contribution in [0.1, 0.15) is 49.5 Å². The summed E-state index contributed by atoms with van der Waals surface area (Å²) in [6.45, 7) is 2.44. The summed E-state index contributed by atoms with van der Waals surface area (Å²) in [6, 6.07) is 8.31. The van der Waals surface area contributed by atoms with Crippen LogP contribution in [0.15, 0.2) is 41.5 Å². The predicted octanol–water partition coefficient (Wildman–Crippen LogP) is 4.52. The van der Waals surface area contributed by atoms with Crippen molar-refractivity contribution in [1.82, 2.24) is 14.5 Å². The number of fused-ring (bicyclic) bond motifs is 1. The van der Waals surface area contributed by atoms with E-state index in [0.29, 0.717) is 11.9 Å².